The predicted molar refractivity (Wildman–Crippen MR) is 101 cm³/mol. The van der Waals surface area contributed by atoms with Crippen LogP contribution in [0.15, 0.2) is 35.6 Å². The number of hydrogen-bond acceptors (Lipinski definition) is 2. The SMILES string of the molecule is CN=C(NCCc1cnn(C)c1)NCC(C)(C)c1ccc(F)cc1Cl. The van der Waals surface area contributed by atoms with E-state index < -0.39 is 0 Å². The fraction of sp³-hybridized carbons (Fsp3) is 0.444. The molecule has 0 unspecified atom stereocenters. The van der Waals surface area contributed by atoms with Crippen molar-refractivity contribution in [2.75, 3.05) is 20.1 Å². The zero-order valence-electron chi connectivity index (χ0n) is 15.1. The van der Waals surface area contributed by atoms with Gasteiger partial charge in [0, 0.05) is 43.8 Å². The standard InChI is InChI=1S/C18H25ClFN5/c1-18(2,15-6-5-14(20)9-16(15)19)12-23-17(21-3)22-8-7-13-10-24-25(4)11-13/h5-6,9-11H,7-8,12H2,1-4H3,(H2,21,22,23). The van der Waals surface area contributed by atoms with Gasteiger partial charge in [-0.05, 0) is 29.7 Å². The third-order valence-electron chi connectivity index (χ3n) is 4.05. The third-order valence-corrected chi connectivity index (χ3v) is 4.36. The molecule has 0 aliphatic carbocycles. The van der Waals surface area contributed by atoms with Gasteiger partial charge in [0.1, 0.15) is 5.82 Å². The molecule has 136 valence electrons. The Morgan fingerprint density at radius 2 is 2.12 bits per heavy atom. The van der Waals surface area contributed by atoms with E-state index >= 15 is 0 Å². The van der Waals surface area contributed by atoms with E-state index in [1.165, 1.54) is 17.7 Å². The molecular weight excluding hydrogens is 341 g/mol. The summed E-state index contributed by atoms with van der Waals surface area (Å²) in [6.07, 6.45) is 4.72. The molecule has 0 fully saturated rings. The van der Waals surface area contributed by atoms with Gasteiger partial charge >= 0.3 is 0 Å². The van der Waals surface area contributed by atoms with Crippen molar-refractivity contribution in [3.05, 3.63) is 52.6 Å². The van der Waals surface area contributed by atoms with Crippen LogP contribution in [0.5, 0.6) is 0 Å². The zero-order chi connectivity index (χ0) is 18.4. The van der Waals surface area contributed by atoms with Crippen LogP contribution in [-0.2, 0) is 18.9 Å². The van der Waals surface area contributed by atoms with Gasteiger partial charge in [0.2, 0.25) is 0 Å². The lowest BCUT2D eigenvalue weighted by Crippen LogP contribution is -2.44. The first-order chi connectivity index (χ1) is 11.8. The number of halogens is 2. The maximum Gasteiger partial charge on any atom is 0.191 e. The number of aliphatic imine (C=N–C) groups is 1. The van der Waals surface area contributed by atoms with Crippen LogP contribution in [0.25, 0.3) is 0 Å². The van der Waals surface area contributed by atoms with Crippen molar-refractivity contribution in [3.8, 4) is 0 Å². The Hall–Kier alpha value is -2.08. The molecule has 0 radical (unpaired) electrons. The number of nitrogens with zero attached hydrogens (tertiary/aromatic N) is 3. The number of nitrogens with one attached hydrogen (secondary N) is 2. The Kier molecular flexibility index (Phi) is 6.42. The van der Waals surface area contributed by atoms with E-state index in [0.717, 1.165) is 24.5 Å². The number of rotatable bonds is 6. The Labute approximate surface area is 153 Å². The summed E-state index contributed by atoms with van der Waals surface area (Å²) in [5.74, 6) is 0.389. The van der Waals surface area contributed by atoms with E-state index in [9.17, 15) is 4.39 Å². The molecule has 2 N–H and O–H groups in total. The maximum atomic E-state index is 13.3. The van der Waals surface area contributed by atoms with Gasteiger partial charge in [0.25, 0.3) is 0 Å². The highest BCUT2D eigenvalue weighted by molar-refractivity contribution is 6.31. The Morgan fingerprint density at radius 3 is 2.72 bits per heavy atom. The fourth-order valence-corrected chi connectivity index (χ4v) is 3.01. The highest BCUT2D eigenvalue weighted by Crippen LogP contribution is 2.29. The number of benzene rings is 1. The van der Waals surface area contributed by atoms with Crippen molar-refractivity contribution in [2.45, 2.75) is 25.7 Å². The second kappa shape index (κ2) is 8.34. The molecule has 2 rings (SSSR count). The minimum Gasteiger partial charge on any atom is -0.356 e. The molecule has 1 aromatic carbocycles. The van der Waals surface area contributed by atoms with Gasteiger partial charge in [-0.2, -0.15) is 5.10 Å². The van der Waals surface area contributed by atoms with Gasteiger partial charge in [-0.15, -0.1) is 0 Å². The number of aromatic nitrogens is 2. The summed E-state index contributed by atoms with van der Waals surface area (Å²) in [5.41, 5.74) is 1.80. The van der Waals surface area contributed by atoms with Crippen molar-refractivity contribution < 1.29 is 4.39 Å². The van der Waals surface area contributed by atoms with Crippen LogP contribution < -0.4 is 10.6 Å². The molecule has 0 spiro atoms. The zero-order valence-corrected chi connectivity index (χ0v) is 15.9. The van der Waals surface area contributed by atoms with Gasteiger partial charge < -0.3 is 10.6 Å². The van der Waals surface area contributed by atoms with Crippen LogP contribution in [0.3, 0.4) is 0 Å². The van der Waals surface area contributed by atoms with Crippen LogP contribution >= 0.6 is 11.6 Å². The van der Waals surface area contributed by atoms with E-state index in [2.05, 4.69) is 34.6 Å². The molecule has 5 nitrogen and oxygen atoms in total. The summed E-state index contributed by atoms with van der Waals surface area (Å²) >= 11 is 6.20. The Bertz CT molecular complexity index is 739. The third kappa shape index (κ3) is 5.46. The maximum absolute atomic E-state index is 13.3. The van der Waals surface area contributed by atoms with Gasteiger partial charge in [0.05, 0.1) is 6.20 Å². The van der Waals surface area contributed by atoms with Crippen LogP contribution in [0.4, 0.5) is 4.39 Å². The average molecular weight is 366 g/mol. The molecule has 7 heteroatoms. The predicted octanol–water partition coefficient (Wildman–Crippen LogP) is 2.90. The van der Waals surface area contributed by atoms with Crippen molar-refractivity contribution in [3.63, 3.8) is 0 Å². The minimum absolute atomic E-state index is 0.272. The molecule has 1 aromatic heterocycles. The van der Waals surface area contributed by atoms with E-state index in [-0.39, 0.29) is 11.2 Å². The topological polar surface area (TPSA) is 54.2 Å². The number of guanidine groups is 1. The summed E-state index contributed by atoms with van der Waals surface area (Å²) in [4.78, 5) is 4.24. The number of hydrogen-bond donors (Lipinski definition) is 2. The monoisotopic (exact) mass is 365 g/mol. The first kappa shape index (κ1) is 19.2. The van der Waals surface area contributed by atoms with Crippen LogP contribution in [0.1, 0.15) is 25.0 Å². The smallest absolute Gasteiger partial charge is 0.191 e. The Balaban J connectivity index is 1.88. The van der Waals surface area contributed by atoms with Crippen LogP contribution in [0.2, 0.25) is 5.02 Å². The van der Waals surface area contributed by atoms with Gasteiger partial charge in [-0.25, -0.2) is 4.39 Å². The summed E-state index contributed by atoms with van der Waals surface area (Å²) in [7, 11) is 3.64. The molecular formula is C18H25ClFN5. The van der Waals surface area contributed by atoms with Crippen molar-refractivity contribution in [1.82, 2.24) is 20.4 Å². The summed E-state index contributed by atoms with van der Waals surface area (Å²) in [6.45, 7) is 5.48. The Morgan fingerprint density at radius 1 is 1.36 bits per heavy atom. The normalized spacial score (nSPS) is 12.3. The van der Waals surface area contributed by atoms with Crippen molar-refractivity contribution in [2.24, 2.45) is 12.0 Å². The fourth-order valence-electron chi connectivity index (χ4n) is 2.59. The largest absolute Gasteiger partial charge is 0.356 e. The van der Waals surface area contributed by atoms with E-state index in [1.54, 1.807) is 17.8 Å². The quantitative estimate of drug-likeness (QED) is 0.611. The summed E-state index contributed by atoms with van der Waals surface area (Å²) in [5, 5.41) is 11.2. The van der Waals surface area contributed by atoms with Crippen LogP contribution in [-0.4, -0.2) is 35.9 Å². The summed E-state index contributed by atoms with van der Waals surface area (Å²) in [6, 6.07) is 4.52. The molecule has 0 bridgehead atoms. The van der Waals surface area contributed by atoms with Gasteiger partial charge in [0.15, 0.2) is 5.96 Å². The molecule has 2 aromatic rings. The molecule has 0 aliphatic rings. The molecule has 0 saturated carbocycles. The molecule has 25 heavy (non-hydrogen) atoms. The van der Waals surface area contributed by atoms with E-state index in [0.29, 0.717) is 11.6 Å². The van der Waals surface area contributed by atoms with Crippen LogP contribution in [0, 0.1) is 5.82 Å². The molecule has 0 saturated heterocycles. The molecule has 0 atom stereocenters. The van der Waals surface area contributed by atoms with Crippen molar-refractivity contribution >= 4 is 17.6 Å². The second-order valence-electron chi connectivity index (χ2n) is 6.63. The number of aryl methyl sites for hydroxylation is 1. The minimum atomic E-state index is -0.328. The average Bonchev–Trinajstić information content (AvgIpc) is 2.95. The lowest BCUT2D eigenvalue weighted by atomic mass is 9.84. The highest BCUT2D eigenvalue weighted by atomic mass is 35.5. The molecule has 1 heterocycles. The van der Waals surface area contributed by atoms with E-state index in [1.807, 2.05) is 19.4 Å². The highest BCUT2D eigenvalue weighted by Gasteiger charge is 2.24. The van der Waals surface area contributed by atoms with Gasteiger partial charge in [-0.1, -0.05) is 31.5 Å². The van der Waals surface area contributed by atoms with E-state index in [4.69, 9.17) is 11.6 Å². The van der Waals surface area contributed by atoms with Crippen molar-refractivity contribution in [1.29, 1.82) is 0 Å². The molecule has 0 amide bonds. The lowest BCUT2D eigenvalue weighted by molar-refractivity contribution is 0.507. The summed E-state index contributed by atoms with van der Waals surface area (Å²) < 4.78 is 15.0. The molecule has 0 aliphatic heterocycles. The first-order valence-corrected chi connectivity index (χ1v) is 8.57. The lowest BCUT2D eigenvalue weighted by Gasteiger charge is -2.27. The second-order valence-corrected chi connectivity index (χ2v) is 7.04. The first-order valence-electron chi connectivity index (χ1n) is 8.19. The van der Waals surface area contributed by atoms with Gasteiger partial charge in [-0.3, -0.25) is 9.67 Å².